The van der Waals surface area contributed by atoms with Gasteiger partial charge in [0.15, 0.2) is 11.6 Å². The first-order valence-corrected chi connectivity index (χ1v) is 9.09. The minimum Gasteiger partial charge on any atom is -0.393 e. The molecule has 4 fully saturated rings. The van der Waals surface area contributed by atoms with E-state index in [1.54, 1.807) is 0 Å². The zero-order valence-corrected chi connectivity index (χ0v) is 13.3. The molecule has 3 heteroatoms. The summed E-state index contributed by atoms with van der Waals surface area (Å²) in [6.07, 6.45) is 7.43. The van der Waals surface area contributed by atoms with Gasteiger partial charge < -0.3 is 5.11 Å². The molecule has 4 saturated carbocycles. The van der Waals surface area contributed by atoms with Crippen molar-refractivity contribution in [2.75, 3.05) is 0 Å². The molecule has 0 bridgehead atoms. The van der Waals surface area contributed by atoms with Crippen molar-refractivity contribution in [1.82, 2.24) is 0 Å². The molecule has 0 aromatic heterocycles. The summed E-state index contributed by atoms with van der Waals surface area (Å²) < 4.78 is 14.3. The van der Waals surface area contributed by atoms with Crippen LogP contribution in [-0.2, 0) is 4.79 Å². The number of hydrogen-bond acceptors (Lipinski definition) is 2. The van der Waals surface area contributed by atoms with Crippen molar-refractivity contribution in [3.8, 4) is 0 Å². The maximum Gasteiger partial charge on any atom is 0.191 e. The molecule has 0 aromatic carbocycles. The molecular weight excluding hydrogens is 279 g/mol. The summed E-state index contributed by atoms with van der Waals surface area (Å²) in [6, 6.07) is 0. The molecule has 5 aliphatic rings. The van der Waals surface area contributed by atoms with E-state index in [-0.39, 0.29) is 23.1 Å². The highest BCUT2D eigenvalue weighted by molar-refractivity contribution is 5.95. The van der Waals surface area contributed by atoms with Crippen molar-refractivity contribution in [3.05, 3.63) is 11.4 Å². The minimum absolute atomic E-state index is 0.100. The summed E-state index contributed by atoms with van der Waals surface area (Å²) in [7, 11) is 0. The van der Waals surface area contributed by atoms with Crippen LogP contribution >= 0.6 is 0 Å². The summed E-state index contributed by atoms with van der Waals surface area (Å²) in [5.41, 5.74) is 1.30. The van der Waals surface area contributed by atoms with Crippen LogP contribution in [0.15, 0.2) is 11.4 Å². The first-order valence-electron chi connectivity index (χ1n) is 9.09. The van der Waals surface area contributed by atoms with Crippen LogP contribution in [0.5, 0.6) is 0 Å². The number of halogens is 1. The largest absolute Gasteiger partial charge is 0.393 e. The van der Waals surface area contributed by atoms with Gasteiger partial charge in [-0.2, -0.15) is 0 Å². The smallest absolute Gasteiger partial charge is 0.191 e. The lowest BCUT2D eigenvalue weighted by Gasteiger charge is -2.55. The van der Waals surface area contributed by atoms with Crippen LogP contribution in [0.3, 0.4) is 0 Å². The van der Waals surface area contributed by atoms with Gasteiger partial charge in [-0.05, 0) is 85.0 Å². The maximum absolute atomic E-state index is 14.3. The van der Waals surface area contributed by atoms with Crippen LogP contribution in [0.4, 0.5) is 4.39 Å². The van der Waals surface area contributed by atoms with Crippen LogP contribution in [0.1, 0.15) is 58.3 Å². The van der Waals surface area contributed by atoms with E-state index in [2.05, 4.69) is 6.92 Å². The number of carbonyl (C=O) groups excluding carboxylic acids is 1. The summed E-state index contributed by atoms with van der Waals surface area (Å²) in [6.45, 7) is 2.32. The lowest BCUT2D eigenvalue weighted by atomic mass is 9.49. The molecule has 5 rings (SSSR count). The summed E-state index contributed by atoms with van der Waals surface area (Å²) in [4.78, 5) is 11.7. The van der Waals surface area contributed by atoms with E-state index < -0.39 is 0 Å². The Morgan fingerprint density at radius 2 is 2.05 bits per heavy atom. The fourth-order valence-corrected chi connectivity index (χ4v) is 7.45. The van der Waals surface area contributed by atoms with Gasteiger partial charge in [0.1, 0.15) is 0 Å². The Balaban J connectivity index is 1.54. The van der Waals surface area contributed by atoms with E-state index in [9.17, 15) is 14.3 Å². The zero-order chi connectivity index (χ0) is 15.3. The molecule has 5 aliphatic carbocycles. The van der Waals surface area contributed by atoms with Crippen LogP contribution in [0, 0.1) is 34.5 Å². The molecule has 0 unspecified atom stereocenters. The normalized spacial score (nSPS) is 56.1. The van der Waals surface area contributed by atoms with Crippen molar-refractivity contribution in [2.45, 2.75) is 64.4 Å². The predicted octanol–water partition coefficient (Wildman–Crippen LogP) is 3.79. The lowest BCUT2D eigenvalue weighted by Crippen LogP contribution is -2.50. The van der Waals surface area contributed by atoms with E-state index in [1.807, 2.05) is 0 Å². The number of fused-ring (bicyclic) bond motifs is 3. The second-order valence-electron chi connectivity index (χ2n) is 8.87. The second kappa shape index (κ2) is 4.03. The highest BCUT2D eigenvalue weighted by Crippen LogP contribution is 2.81. The Morgan fingerprint density at radius 3 is 2.86 bits per heavy atom. The molecular formula is C19H25FO2. The number of ketones is 1. The van der Waals surface area contributed by atoms with Gasteiger partial charge in [0.2, 0.25) is 0 Å². The molecule has 7 atom stereocenters. The van der Waals surface area contributed by atoms with Crippen molar-refractivity contribution < 1.29 is 14.3 Å². The first kappa shape index (κ1) is 13.7. The monoisotopic (exact) mass is 304 g/mol. The van der Waals surface area contributed by atoms with Crippen LogP contribution < -0.4 is 0 Å². The highest BCUT2D eigenvalue weighted by Gasteiger charge is 2.77. The number of carbonyl (C=O) groups is 1. The molecule has 1 spiro atoms. The van der Waals surface area contributed by atoms with Crippen molar-refractivity contribution >= 4 is 5.78 Å². The molecule has 1 N–H and O–H groups in total. The number of hydrogen-bond donors (Lipinski definition) is 1. The van der Waals surface area contributed by atoms with Crippen molar-refractivity contribution in [2.24, 2.45) is 34.5 Å². The van der Waals surface area contributed by atoms with Gasteiger partial charge >= 0.3 is 0 Å². The Bertz CT molecular complexity index is 596. The summed E-state index contributed by atoms with van der Waals surface area (Å²) in [5.74, 6) is 1.59. The Labute approximate surface area is 131 Å². The third-order valence-electron chi connectivity index (χ3n) is 8.53. The third kappa shape index (κ3) is 1.35. The number of allylic oxidation sites excluding steroid dienone is 1. The number of aliphatic hydroxyl groups excluding tert-OH is 1. The fraction of sp³-hybridized carbons (Fsp3) is 0.842. The van der Waals surface area contributed by atoms with Crippen LogP contribution in [0.2, 0.25) is 0 Å². The lowest BCUT2D eigenvalue weighted by molar-refractivity contribution is -0.119. The minimum atomic E-state index is -0.390. The van der Waals surface area contributed by atoms with Gasteiger partial charge in [-0.1, -0.05) is 6.92 Å². The van der Waals surface area contributed by atoms with Gasteiger partial charge in [0.25, 0.3) is 0 Å². The summed E-state index contributed by atoms with van der Waals surface area (Å²) in [5, 5.41) is 10.6. The van der Waals surface area contributed by atoms with Gasteiger partial charge in [-0.25, -0.2) is 4.39 Å². The SMILES string of the molecule is C[C@]12CC[C@H]3[C@@H](CCC4=C(F)C(=O)CC[C@@H]43)[C@]13C[C@@H]3C[C@@H]2O. The first-order chi connectivity index (χ1) is 10.5. The number of rotatable bonds is 0. The molecule has 0 radical (unpaired) electrons. The zero-order valence-electron chi connectivity index (χ0n) is 13.3. The van der Waals surface area contributed by atoms with Crippen molar-refractivity contribution in [1.29, 1.82) is 0 Å². The Morgan fingerprint density at radius 1 is 1.23 bits per heavy atom. The van der Waals surface area contributed by atoms with E-state index in [0.717, 1.165) is 44.1 Å². The molecule has 0 saturated heterocycles. The number of aliphatic hydroxyl groups is 1. The molecule has 22 heavy (non-hydrogen) atoms. The summed E-state index contributed by atoms with van der Waals surface area (Å²) >= 11 is 0. The maximum atomic E-state index is 14.3. The Kier molecular flexibility index (Phi) is 2.51. The van der Waals surface area contributed by atoms with E-state index in [1.165, 1.54) is 6.42 Å². The van der Waals surface area contributed by atoms with Crippen LogP contribution in [-0.4, -0.2) is 17.0 Å². The number of Topliss-reactive ketones (excluding diaryl/α,β-unsaturated/α-hetero) is 1. The van der Waals surface area contributed by atoms with E-state index in [0.29, 0.717) is 35.5 Å². The van der Waals surface area contributed by atoms with Gasteiger partial charge in [0, 0.05) is 6.42 Å². The fourth-order valence-electron chi connectivity index (χ4n) is 7.45. The van der Waals surface area contributed by atoms with Gasteiger partial charge in [0.05, 0.1) is 6.10 Å². The predicted molar refractivity (Wildman–Crippen MR) is 80.6 cm³/mol. The Hall–Kier alpha value is -0.700. The third-order valence-corrected chi connectivity index (χ3v) is 8.53. The molecule has 0 heterocycles. The topological polar surface area (TPSA) is 37.3 Å². The van der Waals surface area contributed by atoms with Gasteiger partial charge in [-0.3, -0.25) is 4.79 Å². The average Bonchev–Trinajstić information content (AvgIpc) is 3.16. The standard InChI is InChI=1S/C19H25FO2/c1-18-7-6-12-11-3-5-15(21)17(20)13(11)2-4-14(12)19(18)9-10(19)8-16(18)22/h10-12,14,16,22H,2-9H2,1H3/t10-,11+,12+,14+,16-,18+,19+/m0/s1. The molecule has 0 aliphatic heterocycles. The highest BCUT2D eigenvalue weighted by atomic mass is 19.1. The van der Waals surface area contributed by atoms with E-state index in [4.69, 9.17) is 0 Å². The average molecular weight is 304 g/mol. The van der Waals surface area contributed by atoms with E-state index >= 15 is 0 Å². The van der Waals surface area contributed by atoms with Gasteiger partial charge in [-0.15, -0.1) is 0 Å². The molecule has 0 amide bonds. The quantitative estimate of drug-likeness (QED) is 0.739. The molecule has 0 aromatic rings. The van der Waals surface area contributed by atoms with Crippen LogP contribution in [0.25, 0.3) is 0 Å². The molecule has 2 nitrogen and oxygen atoms in total. The molecule has 120 valence electrons. The van der Waals surface area contributed by atoms with Crippen molar-refractivity contribution in [3.63, 3.8) is 0 Å². The second-order valence-corrected chi connectivity index (χ2v) is 8.87.